The van der Waals surface area contributed by atoms with Gasteiger partial charge in [0.2, 0.25) is 0 Å². The number of benzene rings is 2. The molecule has 0 aliphatic carbocycles. The molecule has 1 aliphatic rings. The molecule has 184 valence electrons. The number of carboxylic acids is 1. The molecule has 10 heteroatoms. The van der Waals surface area contributed by atoms with Crippen molar-refractivity contribution in [1.82, 2.24) is 4.98 Å². The van der Waals surface area contributed by atoms with Crippen LogP contribution in [0, 0.1) is 6.92 Å². The summed E-state index contributed by atoms with van der Waals surface area (Å²) in [6, 6.07) is 15.6. The standard InChI is InChI=1S/C25H28N4O5S/c1-17-5-4-6-20(13-17)29-12-11-28(16-18(29)2)24-23(25(30)31)14-19(15-26-24)27-35(32,33)22-9-7-21(34-3)8-10-22/h4-10,13-15,18,27H,11-12,16H2,1-3H3,(H,30,31). The number of hydrogen-bond acceptors (Lipinski definition) is 7. The van der Waals surface area contributed by atoms with Gasteiger partial charge in [0.15, 0.2) is 0 Å². The van der Waals surface area contributed by atoms with E-state index in [-0.39, 0.29) is 22.2 Å². The Morgan fingerprint density at radius 3 is 2.51 bits per heavy atom. The Morgan fingerprint density at radius 2 is 1.89 bits per heavy atom. The second-order valence-corrected chi connectivity index (χ2v) is 10.2. The van der Waals surface area contributed by atoms with Crippen molar-refractivity contribution in [3.63, 3.8) is 0 Å². The van der Waals surface area contributed by atoms with Crippen molar-refractivity contribution in [2.24, 2.45) is 0 Å². The van der Waals surface area contributed by atoms with Crippen molar-refractivity contribution in [3.8, 4) is 5.75 Å². The van der Waals surface area contributed by atoms with Crippen LogP contribution in [0.4, 0.5) is 17.2 Å². The van der Waals surface area contributed by atoms with Crippen LogP contribution < -0.4 is 19.3 Å². The molecule has 4 rings (SSSR count). The molecule has 35 heavy (non-hydrogen) atoms. The molecule has 0 spiro atoms. The maximum absolute atomic E-state index is 12.8. The van der Waals surface area contributed by atoms with Gasteiger partial charge in [-0.3, -0.25) is 4.72 Å². The molecule has 1 unspecified atom stereocenters. The van der Waals surface area contributed by atoms with Gasteiger partial charge < -0.3 is 19.6 Å². The number of nitrogens with one attached hydrogen (secondary N) is 1. The second kappa shape index (κ2) is 9.83. The van der Waals surface area contributed by atoms with Crippen molar-refractivity contribution < 1.29 is 23.1 Å². The van der Waals surface area contributed by atoms with Gasteiger partial charge in [-0.25, -0.2) is 18.2 Å². The summed E-state index contributed by atoms with van der Waals surface area (Å²) in [5, 5.41) is 9.85. The molecule has 0 amide bonds. The minimum absolute atomic E-state index is 0.0281. The Kier molecular flexibility index (Phi) is 6.83. The first kappa shape index (κ1) is 24.3. The van der Waals surface area contributed by atoms with Crippen LogP contribution in [0.1, 0.15) is 22.8 Å². The van der Waals surface area contributed by atoms with Crippen LogP contribution in [0.15, 0.2) is 65.7 Å². The predicted molar refractivity (Wildman–Crippen MR) is 135 cm³/mol. The van der Waals surface area contributed by atoms with Crippen molar-refractivity contribution in [2.75, 3.05) is 41.3 Å². The molecular weight excluding hydrogens is 468 g/mol. The molecule has 1 aliphatic heterocycles. The van der Waals surface area contributed by atoms with Gasteiger partial charge in [-0.1, -0.05) is 12.1 Å². The molecule has 0 saturated carbocycles. The molecule has 1 fully saturated rings. The summed E-state index contributed by atoms with van der Waals surface area (Å²) in [5.41, 5.74) is 2.33. The van der Waals surface area contributed by atoms with Gasteiger partial charge in [-0.15, -0.1) is 0 Å². The number of ether oxygens (including phenoxy) is 1. The van der Waals surface area contributed by atoms with Gasteiger partial charge in [-0.2, -0.15) is 0 Å². The van der Waals surface area contributed by atoms with E-state index < -0.39 is 16.0 Å². The summed E-state index contributed by atoms with van der Waals surface area (Å²) in [6.45, 7) is 6.02. The Morgan fingerprint density at radius 1 is 1.14 bits per heavy atom. The number of aromatic carboxylic acids is 1. The van der Waals surface area contributed by atoms with E-state index >= 15 is 0 Å². The number of carbonyl (C=O) groups is 1. The van der Waals surface area contributed by atoms with Gasteiger partial charge in [-0.05, 0) is 61.9 Å². The molecule has 9 nitrogen and oxygen atoms in total. The predicted octanol–water partition coefficient (Wildman–Crippen LogP) is 3.61. The highest BCUT2D eigenvalue weighted by molar-refractivity contribution is 7.92. The topological polar surface area (TPSA) is 112 Å². The minimum atomic E-state index is -3.93. The third kappa shape index (κ3) is 5.32. The number of piperazine rings is 1. The average molecular weight is 497 g/mol. The number of hydrogen-bond donors (Lipinski definition) is 2. The van der Waals surface area contributed by atoms with E-state index in [9.17, 15) is 18.3 Å². The van der Waals surface area contributed by atoms with Gasteiger partial charge >= 0.3 is 5.97 Å². The number of aryl methyl sites for hydroxylation is 1. The zero-order valence-corrected chi connectivity index (χ0v) is 20.6. The van der Waals surface area contributed by atoms with Crippen LogP contribution in [-0.4, -0.2) is 57.3 Å². The summed E-state index contributed by atoms with van der Waals surface area (Å²) in [6.07, 6.45) is 1.35. The van der Waals surface area contributed by atoms with Gasteiger partial charge in [0, 0.05) is 31.4 Å². The molecule has 1 aromatic heterocycles. The molecular formula is C25H28N4O5S. The Labute approximate surface area is 205 Å². The lowest BCUT2D eigenvalue weighted by Crippen LogP contribution is -2.52. The number of sulfonamides is 1. The van der Waals surface area contributed by atoms with E-state index in [0.717, 1.165) is 5.69 Å². The minimum Gasteiger partial charge on any atom is -0.497 e. The lowest BCUT2D eigenvalue weighted by molar-refractivity contribution is 0.0697. The summed E-state index contributed by atoms with van der Waals surface area (Å²) in [7, 11) is -2.44. The van der Waals surface area contributed by atoms with E-state index in [1.807, 2.05) is 11.0 Å². The SMILES string of the molecule is COc1ccc(S(=O)(=O)Nc2cnc(N3CCN(c4cccc(C)c4)C(C)C3)c(C(=O)O)c2)cc1. The lowest BCUT2D eigenvalue weighted by Gasteiger charge is -2.42. The molecule has 0 radical (unpaired) electrons. The zero-order valence-electron chi connectivity index (χ0n) is 19.8. The number of anilines is 3. The largest absolute Gasteiger partial charge is 0.497 e. The molecule has 0 bridgehead atoms. The number of carboxylic acid groups (broad SMARTS) is 1. The summed E-state index contributed by atoms with van der Waals surface area (Å²) in [4.78, 5) is 20.7. The molecule has 1 saturated heterocycles. The fraction of sp³-hybridized carbons (Fsp3) is 0.280. The summed E-state index contributed by atoms with van der Waals surface area (Å²) in [5.74, 6) is -0.327. The van der Waals surface area contributed by atoms with Crippen LogP contribution in [0.2, 0.25) is 0 Å². The fourth-order valence-electron chi connectivity index (χ4n) is 4.23. The maximum atomic E-state index is 12.8. The van der Waals surface area contributed by atoms with Crippen molar-refractivity contribution in [2.45, 2.75) is 24.8 Å². The van der Waals surface area contributed by atoms with Crippen molar-refractivity contribution in [3.05, 3.63) is 71.9 Å². The van der Waals surface area contributed by atoms with Crippen LogP contribution in [0.5, 0.6) is 5.75 Å². The van der Waals surface area contributed by atoms with E-state index in [1.54, 1.807) is 0 Å². The Hall–Kier alpha value is -3.79. The summed E-state index contributed by atoms with van der Waals surface area (Å²) < 4.78 is 33.0. The number of aromatic nitrogens is 1. The average Bonchev–Trinajstić information content (AvgIpc) is 2.83. The first-order valence-electron chi connectivity index (χ1n) is 11.2. The molecule has 2 aromatic carbocycles. The van der Waals surface area contributed by atoms with Gasteiger partial charge in [0.25, 0.3) is 10.0 Å². The number of methoxy groups -OCH3 is 1. The third-order valence-electron chi connectivity index (χ3n) is 5.98. The Balaban J connectivity index is 1.54. The zero-order chi connectivity index (χ0) is 25.2. The van der Waals surface area contributed by atoms with Gasteiger partial charge in [0.1, 0.15) is 17.1 Å². The number of nitrogens with zero attached hydrogens (tertiary/aromatic N) is 3. The number of pyridine rings is 1. The molecule has 1 atom stereocenters. The summed E-state index contributed by atoms with van der Waals surface area (Å²) >= 11 is 0. The Bertz CT molecular complexity index is 1330. The van der Waals surface area contributed by atoms with E-state index in [4.69, 9.17) is 4.74 Å². The van der Waals surface area contributed by atoms with E-state index in [1.165, 1.54) is 49.2 Å². The second-order valence-electron chi connectivity index (χ2n) is 8.51. The smallest absolute Gasteiger partial charge is 0.339 e. The first-order valence-corrected chi connectivity index (χ1v) is 12.6. The fourth-order valence-corrected chi connectivity index (χ4v) is 5.27. The highest BCUT2D eigenvalue weighted by Crippen LogP contribution is 2.28. The van der Waals surface area contributed by atoms with Crippen molar-refractivity contribution in [1.29, 1.82) is 0 Å². The highest BCUT2D eigenvalue weighted by Gasteiger charge is 2.28. The van der Waals surface area contributed by atoms with Crippen LogP contribution in [0.25, 0.3) is 0 Å². The van der Waals surface area contributed by atoms with Crippen LogP contribution in [0.3, 0.4) is 0 Å². The van der Waals surface area contributed by atoms with Crippen LogP contribution >= 0.6 is 0 Å². The van der Waals surface area contributed by atoms with Crippen LogP contribution in [-0.2, 0) is 10.0 Å². The van der Waals surface area contributed by atoms with Crippen molar-refractivity contribution >= 4 is 33.2 Å². The molecule has 2 N–H and O–H groups in total. The molecule has 2 heterocycles. The monoisotopic (exact) mass is 496 g/mol. The maximum Gasteiger partial charge on any atom is 0.339 e. The third-order valence-corrected chi connectivity index (χ3v) is 7.38. The van der Waals surface area contributed by atoms with Gasteiger partial charge in [0.05, 0.1) is 23.9 Å². The molecule has 3 aromatic rings. The normalized spacial score (nSPS) is 16.1. The van der Waals surface area contributed by atoms with E-state index in [0.29, 0.717) is 31.2 Å². The highest BCUT2D eigenvalue weighted by atomic mass is 32.2. The first-order chi connectivity index (χ1) is 16.7. The number of rotatable bonds is 7. The quantitative estimate of drug-likeness (QED) is 0.510. The lowest BCUT2D eigenvalue weighted by atomic mass is 10.1. The van der Waals surface area contributed by atoms with E-state index in [2.05, 4.69) is 46.7 Å².